The minimum absolute atomic E-state index is 0.0464. The topological polar surface area (TPSA) is 86.2 Å². The third kappa shape index (κ3) is 17.8. The quantitative estimate of drug-likeness (QED) is 0.116. The molecular formula is C42H72N2O2. The van der Waals surface area contributed by atoms with Gasteiger partial charge in [-0.05, 0) is 75.0 Å². The average Bonchev–Trinajstić information content (AvgIpc) is 3.05. The molecule has 0 unspecified atom stereocenters. The lowest BCUT2D eigenvalue weighted by molar-refractivity contribution is -0.138. The Hall–Kier alpha value is -1.94. The molecule has 2 fully saturated rings. The van der Waals surface area contributed by atoms with E-state index in [1.807, 2.05) is 0 Å². The molecule has 0 radical (unpaired) electrons. The Labute approximate surface area is 285 Å². The third-order valence-electron chi connectivity index (χ3n) is 11.2. The molecule has 4 nitrogen and oxygen atoms in total. The van der Waals surface area contributed by atoms with E-state index < -0.39 is 0 Å². The predicted octanol–water partition coefficient (Wildman–Crippen LogP) is 11.1. The van der Waals surface area contributed by atoms with Crippen LogP contribution in [0.5, 0.6) is 0 Å². The van der Waals surface area contributed by atoms with Crippen molar-refractivity contribution in [3.63, 3.8) is 0 Å². The van der Waals surface area contributed by atoms with Crippen molar-refractivity contribution in [1.82, 2.24) is 0 Å². The van der Waals surface area contributed by atoms with Gasteiger partial charge in [0.15, 0.2) is 0 Å². The number of unbranched alkanes of at least 4 members (excludes halogenated alkanes) is 11. The molecule has 2 rings (SSSR count). The minimum Gasteiger partial charge on any atom is -0.370 e. The minimum atomic E-state index is -0.297. The first-order chi connectivity index (χ1) is 22.6. The Morgan fingerprint density at radius 2 is 0.826 bits per heavy atom. The van der Waals surface area contributed by atoms with Crippen LogP contribution >= 0.6 is 0 Å². The van der Waals surface area contributed by atoms with E-state index in [4.69, 9.17) is 11.5 Å². The van der Waals surface area contributed by atoms with Gasteiger partial charge in [0.2, 0.25) is 11.8 Å². The molecule has 0 aromatic heterocycles. The molecule has 262 valence electrons. The maximum absolute atomic E-state index is 13.7. The monoisotopic (exact) mass is 637 g/mol. The van der Waals surface area contributed by atoms with E-state index in [9.17, 15) is 9.59 Å². The van der Waals surface area contributed by atoms with E-state index in [2.05, 4.69) is 23.7 Å². The van der Waals surface area contributed by atoms with Crippen molar-refractivity contribution >= 4 is 11.8 Å². The Morgan fingerprint density at radius 1 is 0.478 bits per heavy atom. The number of amides is 2. The van der Waals surface area contributed by atoms with Crippen LogP contribution in [0, 0.1) is 40.9 Å². The molecule has 0 atom stereocenters. The van der Waals surface area contributed by atoms with Gasteiger partial charge < -0.3 is 11.5 Å². The summed E-state index contributed by atoms with van der Waals surface area (Å²) in [6, 6.07) is 0. The first kappa shape index (κ1) is 40.2. The zero-order valence-corrected chi connectivity index (χ0v) is 30.0. The second kappa shape index (κ2) is 27.1. The number of hydrogen-bond donors (Lipinski definition) is 2. The molecule has 0 bridgehead atoms. The lowest BCUT2D eigenvalue weighted by Crippen LogP contribution is -2.49. The van der Waals surface area contributed by atoms with E-state index in [0.717, 1.165) is 51.4 Å². The summed E-state index contributed by atoms with van der Waals surface area (Å²) in [7, 11) is 0. The highest BCUT2D eigenvalue weighted by atomic mass is 16.1. The van der Waals surface area contributed by atoms with Gasteiger partial charge in [-0.1, -0.05) is 153 Å². The number of primary amides is 2. The van der Waals surface area contributed by atoms with E-state index in [-0.39, 0.29) is 17.2 Å². The maximum atomic E-state index is 13.7. The van der Waals surface area contributed by atoms with Gasteiger partial charge in [0.25, 0.3) is 0 Å². The fraction of sp³-hybridized carbons (Fsp3) is 0.857. The summed E-state index contributed by atoms with van der Waals surface area (Å²) >= 11 is 0. The highest BCUT2D eigenvalue weighted by molar-refractivity contribution is 5.81. The molecule has 0 heterocycles. The fourth-order valence-corrected chi connectivity index (χ4v) is 8.51. The van der Waals surface area contributed by atoms with Gasteiger partial charge in [-0.3, -0.25) is 9.59 Å². The zero-order chi connectivity index (χ0) is 33.0. The van der Waals surface area contributed by atoms with Crippen LogP contribution in [0.15, 0.2) is 0 Å². The Kier molecular flexibility index (Phi) is 23.7. The molecule has 0 aliphatic heterocycles. The van der Waals surface area contributed by atoms with Crippen molar-refractivity contribution < 1.29 is 9.59 Å². The molecule has 0 aromatic carbocycles. The Balaban J connectivity index is 1.78. The normalized spacial score (nSPS) is 18.0. The van der Waals surface area contributed by atoms with E-state index in [1.54, 1.807) is 0 Å². The van der Waals surface area contributed by atoms with Gasteiger partial charge in [-0.25, -0.2) is 0 Å². The van der Waals surface area contributed by atoms with Crippen molar-refractivity contribution in [2.75, 3.05) is 0 Å². The van der Waals surface area contributed by atoms with Crippen LogP contribution in [-0.4, -0.2) is 11.8 Å². The molecule has 4 heteroatoms. The van der Waals surface area contributed by atoms with Gasteiger partial charge in [-0.15, -0.1) is 0 Å². The first-order valence-electron chi connectivity index (χ1n) is 20.1. The summed E-state index contributed by atoms with van der Waals surface area (Å²) in [5.41, 5.74) is 11.4. The lowest BCUT2D eigenvalue weighted by Gasteiger charge is -2.46. The van der Waals surface area contributed by atoms with Gasteiger partial charge in [0.05, 0.1) is 5.41 Å². The number of rotatable bonds is 18. The molecular weight excluding hydrogens is 564 g/mol. The molecule has 4 N–H and O–H groups in total. The molecule has 2 aliphatic rings. The van der Waals surface area contributed by atoms with Crippen LogP contribution in [0.25, 0.3) is 0 Å². The van der Waals surface area contributed by atoms with Crippen molar-refractivity contribution in [2.24, 2.45) is 28.7 Å². The summed E-state index contributed by atoms with van der Waals surface area (Å²) in [4.78, 5) is 24.5. The van der Waals surface area contributed by atoms with Crippen LogP contribution in [0.3, 0.4) is 0 Å². The number of carbonyl (C=O) groups is 2. The van der Waals surface area contributed by atoms with E-state index in [0.29, 0.717) is 18.3 Å². The van der Waals surface area contributed by atoms with Gasteiger partial charge in [0.1, 0.15) is 0 Å². The van der Waals surface area contributed by atoms with Crippen molar-refractivity contribution in [3.8, 4) is 23.7 Å². The van der Waals surface area contributed by atoms with Crippen LogP contribution in [-0.2, 0) is 9.59 Å². The molecule has 2 aliphatic carbocycles. The first-order valence-corrected chi connectivity index (χ1v) is 20.1. The van der Waals surface area contributed by atoms with E-state index in [1.165, 1.54) is 154 Å². The second-order valence-electron chi connectivity index (χ2n) is 14.9. The standard InChI is InChI=1S/C42H72N2O2/c43-40(45)36-30-24-18-10-8-6-4-2-1-3-5-7-9-11-19-25-31-37-42(41(44)46,38-32-26-20-14-12-15-21-27-33-38)39-34-28-22-16-13-17-23-29-35-39/h38-39H,4,6-37H2,(H2,43,45)(H2,44,46). The highest BCUT2D eigenvalue weighted by Gasteiger charge is 2.48. The number of hydrogen-bond acceptors (Lipinski definition) is 2. The summed E-state index contributed by atoms with van der Waals surface area (Å²) in [6.07, 6.45) is 39.5. The Morgan fingerprint density at radius 3 is 1.22 bits per heavy atom. The van der Waals surface area contributed by atoms with Gasteiger partial charge in [-0.2, -0.15) is 0 Å². The number of carbonyl (C=O) groups excluding carboxylic acids is 2. The van der Waals surface area contributed by atoms with E-state index >= 15 is 0 Å². The van der Waals surface area contributed by atoms with Crippen molar-refractivity contribution in [1.29, 1.82) is 0 Å². The fourth-order valence-electron chi connectivity index (χ4n) is 8.51. The molecule has 2 amide bonds. The smallest absolute Gasteiger partial charge is 0.224 e. The summed E-state index contributed by atoms with van der Waals surface area (Å²) < 4.78 is 0. The maximum Gasteiger partial charge on any atom is 0.224 e. The number of nitrogens with two attached hydrogens (primary N) is 2. The van der Waals surface area contributed by atoms with Crippen LogP contribution < -0.4 is 11.5 Å². The summed E-state index contributed by atoms with van der Waals surface area (Å²) in [5, 5.41) is 0. The van der Waals surface area contributed by atoms with Gasteiger partial charge in [0, 0.05) is 19.3 Å². The average molecular weight is 637 g/mol. The SMILES string of the molecule is NC(=O)CCCCCCCCC#CC#CCCCCCCCC(C(N)=O)(C1CCCCCCCCC1)C1CCCCCCCCC1. The molecule has 0 spiro atoms. The van der Waals surface area contributed by atoms with Crippen LogP contribution in [0.2, 0.25) is 0 Å². The zero-order valence-electron chi connectivity index (χ0n) is 30.0. The molecule has 0 aromatic rings. The largest absolute Gasteiger partial charge is 0.370 e. The van der Waals surface area contributed by atoms with Crippen molar-refractivity contribution in [3.05, 3.63) is 0 Å². The molecule has 46 heavy (non-hydrogen) atoms. The van der Waals surface area contributed by atoms with Crippen LogP contribution in [0.1, 0.15) is 212 Å². The summed E-state index contributed by atoms with van der Waals surface area (Å²) in [6.45, 7) is 0. The van der Waals surface area contributed by atoms with Crippen molar-refractivity contribution in [2.45, 2.75) is 212 Å². The Bertz CT molecular complexity index is 873. The van der Waals surface area contributed by atoms with Crippen LogP contribution in [0.4, 0.5) is 0 Å². The van der Waals surface area contributed by atoms with Gasteiger partial charge >= 0.3 is 0 Å². The molecule has 0 saturated heterocycles. The lowest BCUT2D eigenvalue weighted by atomic mass is 9.58. The third-order valence-corrected chi connectivity index (χ3v) is 11.2. The molecule has 2 saturated carbocycles. The highest BCUT2D eigenvalue weighted by Crippen LogP contribution is 2.50. The predicted molar refractivity (Wildman–Crippen MR) is 196 cm³/mol. The second-order valence-corrected chi connectivity index (χ2v) is 14.9. The summed E-state index contributed by atoms with van der Waals surface area (Å²) in [5.74, 6) is 13.4.